The van der Waals surface area contributed by atoms with Crippen molar-refractivity contribution >= 4 is 34.9 Å². The molecule has 0 fully saturated rings. The van der Waals surface area contributed by atoms with Crippen LogP contribution in [0.25, 0.3) is 11.6 Å². The predicted molar refractivity (Wildman–Crippen MR) is 81.1 cm³/mol. The summed E-state index contributed by atoms with van der Waals surface area (Å²) < 4.78 is 0. The highest BCUT2D eigenvalue weighted by atomic mass is 35.5. The van der Waals surface area contributed by atoms with Crippen LogP contribution in [-0.4, -0.2) is 0 Å². The number of rotatable bonds is 2. The molecule has 96 valence electrons. The van der Waals surface area contributed by atoms with Gasteiger partial charge >= 0.3 is 0 Å². The summed E-state index contributed by atoms with van der Waals surface area (Å²) in [6.45, 7) is 0. The summed E-state index contributed by atoms with van der Waals surface area (Å²) in [6, 6.07) is 16.1. The van der Waals surface area contributed by atoms with Gasteiger partial charge in [-0.2, -0.15) is 10.5 Å². The van der Waals surface area contributed by atoms with Gasteiger partial charge in [-0.3, -0.25) is 0 Å². The van der Waals surface area contributed by atoms with E-state index in [0.717, 1.165) is 11.1 Å². The van der Waals surface area contributed by atoms with Crippen LogP contribution in [0.1, 0.15) is 16.7 Å². The Labute approximate surface area is 127 Å². The minimum atomic E-state index is 0.471. The van der Waals surface area contributed by atoms with Gasteiger partial charge in [-0.15, -0.1) is 0 Å². The molecule has 2 nitrogen and oxygen atoms in total. The second-order valence-corrected chi connectivity index (χ2v) is 4.87. The summed E-state index contributed by atoms with van der Waals surface area (Å²) in [5.41, 5.74) is 2.48. The predicted octanol–water partition coefficient (Wildman–Crippen LogP) is 4.93. The lowest BCUT2D eigenvalue weighted by Gasteiger charge is -2.02. The number of hydrogen-bond acceptors (Lipinski definition) is 2. The van der Waals surface area contributed by atoms with Gasteiger partial charge in [-0.1, -0.05) is 41.4 Å². The lowest BCUT2D eigenvalue weighted by molar-refractivity contribution is 1.47. The number of halogens is 2. The summed E-state index contributed by atoms with van der Waals surface area (Å²) in [7, 11) is 0. The highest BCUT2D eigenvalue weighted by Crippen LogP contribution is 2.25. The Bertz CT molecular complexity index is 748. The van der Waals surface area contributed by atoms with E-state index in [2.05, 4.69) is 6.07 Å². The molecule has 0 spiro atoms. The van der Waals surface area contributed by atoms with Crippen LogP contribution in [0, 0.1) is 22.7 Å². The first-order valence-corrected chi connectivity index (χ1v) is 6.47. The maximum Gasteiger partial charge on any atom is 0.0998 e. The average molecular weight is 299 g/mol. The summed E-state index contributed by atoms with van der Waals surface area (Å²) in [6.07, 6.45) is 1.69. The maximum atomic E-state index is 9.26. The summed E-state index contributed by atoms with van der Waals surface area (Å²) >= 11 is 11.9. The molecule has 0 aromatic heterocycles. The van der Waals surface area contributed by atoms with Crippen LogP contribution in [0.4, 0.5) is 0 Å². The van der Waals surface area contributed by atoms with Gasteiger partial charge in [0, 0.05) is 10.0 Å². The standard InChI is InChI=1S/C16H8Cl2N2/c17-15-6-5-13(16(18)8-15)7-14(10-20)12-3-1-11(9-19)2-4-12/h1-8H/b14-7+. The van der Waals surface area contributed by atoms with Crippen molar-refractivity contribution in [2.24, 2.45) is 0 Å². The van der Waals surface area contributed by atoms with Gasteiger partial charge in [0.05, 0.1) is 23.3 Å². The van der Waals surface area contributed by atoms with Gasteiger partial charge in [-0.25, -0.2) is 0 Å². The molecular formula is C16H8Cl2N2. The molecule has 0 unspecified atom stereocenters. The van der Waals surface area contributed by atoms with Crippen LogP contribution in [0.5, 0.6) is 0 Å². The smallest absolute Gasteiger partial charge is 0.0998 e. The molecule has 0 saturated heterocycles. The Hall–Kier alpha value is -2.26. The summed E-state index contributed by atoms with van der Waals surface area (Å²) in [5.74, 6) is 0. The van der Waals surface area contributed by atoms with Crippen molar-refractivity contribution < 1.29 is 0 Å². The zero-order valence-electron chi connectivity index (χ0n) is 10.3. The summed E-state index contributed by atoms with van der Waals surface area (Å²) in [5, 5.41) is 19.1. The minimum Gasteiger partial charge on any atom is -0.192 e. The SMILES string of the molecule is N#C/C(=C\c1ccc(Cl)cc1Cl)c1ccc(C#N)cc1. The number of nitrogens with zero attached hydrogens (tertiary/aromatic N) is 2. The number of hydrogen-bond donors (Lipinski definition) is 0. The largest absolute Gasteiger partial charge is 0.192 e. The average Bonchev–Trinajstić information content (AvgIpc) is 2.47. The Kier molecular flexibility index (Phi) is 4.43. The van der Waals surface area contributed by atoms with E-state index >= 15 is 0 Å². The lowest BCUT2D eigenvalue weighted by Crippen LogP contribution is -1.84. The van der Waals surface area contributed by atoms with Gasteiger partial charge < -0.3 is 0 Å². The minimum absolute atomic E-state index is 0.471. The molecule has 0 saturated carbocycles. The second-order valence-electron chi connectivity index (χ2n) is 4.02. The Morgan fingerprint density at radius 3 is 2.25 bits per heavy atom. The molecule has 0 bridgehead atoms. The van der Waals surface area contributed by atoms with Gasteiger partial charge in [0.1, 0.15) is 0 Å². The third kappa shape index (κ3) is 3.19. The first kappa shape index (κ1) is 14.2. The zero-order valence-corrected chi connectivity index (χ0v) is 11.8. The van der Waals surface area contributed by atoms with E-state index in [1.165, 1.54) is 0 Å². The van der Waals surface area contributed by atoms with Gasteiger partial charge in [0.25, 0.3) is 0 Å². The maximum absolute atomic E-state index is 9.26. The molecule has 2 aromatic rings. The Morgan fingerprint density at radius 1 is 1.00 bits per heavy atom. The third-order valence-corrected chi connectivity index (χ3v) is 3.27. The number of allylic oxidation sites excluding steroid dienone is 1. The second kappa shape index (κ2) is 6.26. The highest BCUT2D eigenvalue weighted by molar-refractivity contribution is 6.35. The molecule has 0 aliphatic rings. The normalized spacial score (nSPS) is 10.7. The van der Waals surface area contributed by atoms with E-state index in [4.69, 9.17) is 28.5 Å². The molecule has 0 aliphatic carbocycles. The van der Waals surface area contributed by atoms with E-state index < -0.39 is 0 Å². The first-order valence-electron chi connectivity index (χ1n) is 5.71. The molecule has 0 radical (unpaired) electrons. The van der Waals surface area contributed by atoms with Crippen LogP contribution >= 0.6 is 23.2 Å². The molecular weight excluding hydrogens is 291 g/mol. The van der Waals surface area contributed by atoms with E-state index in [1.54, 1.807) is 48.5 Å². The fourth-order valence-electron chi connectivity index (χ4n) is 1.68. The first-order chi connectivity index (χ1) is 9.63. The van der Waals surface area contributed by atoms with Gasteiger partial charge in [0.15, 0.2) is 0 Å². The monoisotopic (exact) mass is 298 g/mol. The van der Waals surface area contributed by atoms with Crippen LogP contribution in [0.2, 0.25) is 10.0 Å². The zero-order chi connectivity index (χ0) is 14.5. The van der Waals surface area contributed by atoms with E-state index in [0.29, 0.717) is 21.2 Å². The fraction of sp³-hybridized carbons (Fsp3) is 0. The highest BCUT2D eigenvalue weighted by Gasteiger charge is 2.04. The van der Waals surface area contributed by atoms with E-state index in [1.807, 2.05) is 6.07 Å². The Balaban J connectivity index is 2.43. The number of nitriles is 2. The van der Waals surface area contributed by atoms with Crippen molar-refractivity contribution in [3.05, 3.63) is 69.2 Å². The van der Waals surface area contributed by atoms with Crippen LogP contribution in [0.3, 0.4) is 0 Å². The van der Waals surface area contributed by atoms with Crippen LogP contribution < -0.4 is 0 Å². The van der Waals surface area contributed by atoms with Gasteiger partial charge in [-0.05, 0) is 41.5 Å². The third-order valence-electron chi connectivity index (χ3n) is 2.71. The summed E-state index contributed by atoms with van der Waals surface area (Å²) in [4.78, 5) is 0. The Morgan fingerprint density at radius 2 is 1.70 bits per heavy atom. The molecule has 2 aromatic carbocycles. The van der Waals surface area contributed by atoms with Crippen molar-refractivity contribution in [2.75, 3.05) is 0 Å². The lowest BCUT2D eigenvalue weighted by atomic mass is 10.0. The number of benzene rings is 2. The van der Waals surface area contributed by atoms with E-state index in [9.17, 15) is 5.26 Å². The van der Waals surface area contributed by atoms with Gasteiger partial charge in [0.2, 0.25) is 0 Å². The van der Waals surface area contributed by atoms with E-state index in [-0.39, 0.29) is 0 Å². The molecule has 0 aliphatic heterocycles. The molecule has 20 heavy (non-hydrogen) atoms. The fourth-order valence-corrected chi connectivity index (χ4v) is 2.14. The van der Waals surface area contributed by atoms with Crippen LogP contribution in [0.15, 0.2) is 42.5 Å². The van der Waals surface area contributed by atoms with Crippen LogP contribution in [-0.2, 0) is 0 Å². The van der Waals surface area contributed by atoms with Crippen molar-refractivity contribution in [3.8, 4) is 12.1 Å². The van der Waals surface area contributed by atoms with Crippen molar-refractivity contribution in [3.63, 3.8) is 0 Å². The molecule has 0 N–H and O–H groups in total. The van der Waals surface area contributed by atoms with Crippen molar-refractivity contribution in [1.82, 2.24) is 0 Å². The molecule has 0 heterocycles. The quantitative estimate of drug-likeness (QED) is 0.583. The molecule has 2 rings (SSSR count). The topological polar surface area (TPSA) is 47.6 Å². The molecule has 0 amide bonds. The molecule has 4 heteroatoms. The molecule has 0 atom stereocenters. The van der Waals surface area contributed by atoms with Crippen molar-refractivity contribution in [2.45, 2.75) is 0 Å². The van der Waals surface area contributed by atoms with Crippen molar-refractivity contribution in [1.29, 1.82) is 10.5 Å².